The Morgan fingerprint density at radius 1 is 1.32 bits per heavy atom. The predicted molar refractivity (Wildman–Crippen MR) is 71.1 cm³/mol. The first kappa shape index (κ1) is 12.9. The smallest absolute Gasteiger partial charge is 0.322 e. The van der Waals surface area contributed by atoms with E-state index in [2.05, 4.69) is 25.6 Å². The summed E-state index contributed by atoms with van der Waals surface area (Å²) in [5.41, 5.74) is 1.21. The zero-order valence-electron chi connectivity index (χ0n) is 10.3. The number of carbonyl (C=O) groups is 1. The van der Waals surface area contributed by atoms with Crippen LogP contribution in [0.2, 0.25) is 0 Å². The summed E-state index contributed by atoms with van der Waals surface area (Å²) in [7, 11) is 0. The molecule has 2 aromatic heterocycles. The number of nitrogens with one attached hydrogen (secondary N) is 3. The van der Waals surface area contributed by atoms with Crippen molar-refractivity contribution in [3.05, 3.63) is 36.4 Å². The van der Waals surface area contributed by atoms with Crippen LogP contribution in [0.3, 0.4) is 0 Å². The second kappa shape index (κ2) is 6.39. The van der Waals surface area contributed by atoms with Gasteiger partial charge in [0, 0.05) is 25.0 Å². The third kappa shape index (κ3) is 4.30. The van der Waals surface area contributed by atoms with E-state index in [4.69, 9.17) is 5.11 Å². The van der Waals surface area contributed by atoms with E-state index in [1.54, 1.807) is 6.07 Å². The second-order valence-electron chi connectivity index (χ2n) is 3.93. The Balaban J connectivity index is 1.82. The Hall–Kier alpha value is -2.57. The molecule has 2 rings (SSSR count). The molecule has 2 heterocycles. The van der Waals surface area contributed by atoms with E-state index in [1.165, 1.54) is 11.9 Å². The average molecular weight is 261 g/mol. The molecule has 0 spiro atoms. The molecule has 0 saturated carbocycles. The number of rotatable bonds is 7. The fraction of sp³-hybridized carbons (Fsp3) is 0.250. The summed E-state index contributed by atoms with van der Waals surface area (Å²) in [5.74, 6) is 0.223. The molecule has 0 aliphatic heterocycles. The van der Waals surface area contributed by atoms with Crippen LogP contribution in [0.15, 0.2) is 30.9 Å². The van der Waals surface area contributed by atoms with E-state index >= 15 is 0 Å². The van der Waals surface area contributed by atoms with Gasteiger partial charge in [0.15, 0.2) is 0 Å². The first-order valence-corrected chi connectivity index (χ1v) is 5.87. The van der Waals surface area contributed by atoms with Gasteiger partial charge in [-0.25, -0.2) is 9.97 Å². The number of aromatic nitrogens is 3. The monoisotopic (exact) mass is 261 g/mol. The van der Waals surface area contributed by atoms with Crippen LogP contribution in [0, 0.1) is 0 Å². The Kier molecular flexibility index (Phi) is 4.33. The highest BCUT2D eigenvalue weighted by Gasteiger charge is 2.01. The third-order valence-electron chi connectivity index (χ3n) is 2.47. The highest BCUT2D eigenvalue weighted by atomic mass is 16.4. The summed E-state index contributed by atoms with van der Waals surface area (Å²) in [6.07, 6.45) is 6.10. The number of carboxylic acid groups (broad SMARTS) is 1. The topological polar surface area (TPSA) is 103 Å². The number of H-pyrrole nitrogens is 1. The average Bonchev–Trinajstić information content (AvgIpc) is 2.90. The molecule has 0 aliphatic carbocycles. The molecule has 0 bridgehead atoms. The van der Waals surface area contributed by atoms with Crippen molar-refractivity contribution in [3.8, 4) is 0 Å². The molecule has 0 unspecified atom stereocenters. The minimum absolute atomic E-state index is 0.167. The maximum atomic E-state index is 10.4. The maximum Gasteiger partial charge on any atom is 0.322 e. The van der Waals surface area contributed by atoms with Gasteiger partial charge in [-0.1, -0.05) is 0 Å². The fourth-order valence-electron chi connectivity index (χ4n) is 1.57. The second-order valence-corrected chi connectivity index (χ2v) is 3.93. The van der Waals surface area contributed by atoms with Gasteiger partial charge in [-0.05, 0) is 18.1 Å². The van der Waals surface area contributed by atoms with Crippen LogP contribution >= 0.6 is 0 Å². The van der Waals surface area contributed by atoms with Crippen LogP contribution in [-0.4, -0.2) is 39.1 Å². The van der Waals surface area contributed by atoms with Gasteiger partial charge in [-0.15, -0.1) is 0 Å². The number of carboxylic acids is 1. The molecule has 19 heavy (non-hydrogen) atoms. The Bertz CT molecular complexity index is 527. The van der Waals surface area contributed by atoms with E-state index in [0.29, 0.717) is 11.6 Å². The van der Waals surface area contributed by atoms with Crippen LogP contribution in [0.4, 0.5) is 11.6 Å². The zero-order chi connectivity index (χ0) is 13.5. The number of aromatic amines is 1. The van der Waals surface area contributed by atoms with Gasteiger partial charge in [0.2, 0.25) is 0 Å². The number of anilines is 2. The van der Waals surface area contributed by atoms with E-state index in [-0.39, 0.29) is 6.54 Å². The summed E-state index contributed by atoms with van der Waals surface area (Å²) in [4.78, 5) is 21.4. The SMILES string of the molecule is O=C(O)CNc1cc(NCCc2cc[nH]c2)ncn1. The lowest BCUT2D eigenvalue weighted by molar-refractivity contribution is -0.134. The van der Waals surface area contributed by atoms with Crippen molar-refractivity contribution < 1.29 is 9.90 Å². The fourth-order valence-corrected chi connectivity index (χ4v) is 1.57. The van der Waals surface area contributed by atoms with Crippen molar-refractivity contribution in [3.63, 3.8) is 0 Å². The molecular formula is C12H15N5O2. The van der Waals surface area contributed by atoms with Crippen LogP contribution in [-0.2, 0) is 11.2 Å². The van der Waals surface area contributed by atoms with Crippen molar-refractivity contribution in [1.82, 2.24) is 15.0 Å². The summed E-state index contributed by atoms with van der Waals surface area (Å²) < 4.78 is 0. The lowest BCUT2D eigenvalue weighted by Crippen LogP contribution is -2.14. The molecule has 0 saturated heterocycles. The summed E-state index contributed by atoms with van der Waals surface area (Å²) in [5, 5.41) is 14.4. The highest BCUT2D eigenvalue weighted by molar-refractivity contribution is 5.72. The molecule has 0 amide bonds. The Morgan fingerprint density at radius 2 is 2.11 bits per heavy atom. The summed E-state index contributed by atoms with van der Waals surface area (Å²) in [6, 6.07) is 3.70. The summed E-state index contributed by atoms with van der Waals surface area (Å²) >= 11 is 0. The normalized spacial score (nSPS) is 10.1. The minimum atomic E-state index is -0.930. The van der Waals surface area contributed by atoms with Crippen LogP contribution < -0.4 is 10.6 Å². The molecule has 0 fully saturated rings. The molecule has 100 valence electrons. The van der Waals surface area contributed by atoms with Gasteiger partial charge in [0.25, 0.3) is 0 Å². The van der Waals surface area contributed by atoms with Crippen LogP contribution in [0.5, 0.6) is 0 Å². The minimum Gasteiger partial charge on any atom is -0.480 e. The molecule has 0 radical (unpaired) electrons. The van der Waals surface area contributed by atoms with Gasteiger partial charge in [-0.2, -0.15) is 0 Å². The molecule has 7 nitrogen and oxygen atoms in total. The van der Waals surface area contributed by atoms with Gasteiger partial charge in [0.05, 0.1) is 0 Å². The van der Waals surface area contributed by atoms with Gasteiger partial charge in [-0.3, -0.25) is 4.79 Å². The summed E-state index contributed by atoms with van der Waals surface area (Å²) in [6.45, 7) is 0.576. The van der Waals surface area contributed by atoms with Crippen LogP contribution in [0.1, 0.15) is 5.56 Å². The molecule has 0 atom stereocenters. The zero-order valence-corrected chi connectivity index (χ0v) is 10.3. The molecule has 0 aliphatic rings. The molecule has 2 aromatic rings. The van der Waals surface area contributed by atoms with Crippen LogP contribution in [0.25, 0.3) is 0 Å². The first-order chi connectivity index (χ1) is 9.24. The number of aliphatic carboxylic acids is 1. The number of hydrogen-bond acceptors (Lipinski definition) is 5. The van der Waals surface area contributed by atoms with E-state index in [9.17, 15) is 4.79 Å². The van der Waals surface area contributed by atoms with Gasteiger partial charge < -0.3 is 20.7 Å². The van der Waals surface area contributed by atoms with Crippen molar-refractivity contribution in [1.29, 1.82) is 0 Å². The standard InChI is InChI=1S/C12H15N5O2/c18-12(19)7-15-11-5-10(16-8-17-11)14-4-2-9-1-3-13-6-9/h1,3,5-6,8,13H,2,4,7H2,(H,18,19)(H2,14,15,16,17). The van der Waals surface area contributed by atoms with E-state index < -0.39 is 5.97 Å². The van der Waals surface area contributed by atoms with E-state index in [1.807, 2.05) is 18.5 Å². The third-order valence-corrected chi connectivity index (χ3v) is 2.47. The largest absolute Gasteiger partial charge is 0.480 e. The Morgan fingerprint density at radius 3 is 2.79 bits per heavy atom. The lowest BCUT2D eigenvalue weighted by atomic mass is 10.2. The predicted octanol–water partition coefficient (Wildman–Crippen LogP) is 0.956. The quantitative estimate of drug-likeness (QED) is 0.592. The molecule has 0 aromatic carbocycles. The van der Waals surface area contributed by atoms with Crippen molar-refractivity contribution >= 4 is 17.6 Å². The number of nitrogens with zero attached hydrogens (tertiary/aromatic N) is 2. The number of hydrogen-bond donors (Lipinski definition) is 4. The first-order valence-electron chi connectivity index (χ1n) is 5.87. The Labute approximate surface area is 110 Å². The highest BCUT2D eigenvalue weighted by Crippen LogP contribution is 2.08. The lowest BCUT2D eigenvalue weighted by Gasteiger charge is -2.06. The van der Waals surface area contributed by atoms with Gasteiger partial charge >= 0.3 is 5.97 Å². The van der Waals surface area contributed by atoms with Crippen molar-refractivity contribution in [2.45, 2.75) is 6.42 Å². The van der Waals surface area contributed by atoms with Crippen molar-refractivity contribution in [2.24, 2.45) is 0 Å². The molecule has 4 N–H and O–H groups in total. The van der Waals surface area contributed by atoms with Gasteiger partial charge in [0.1, 0.15) is 24.5 Å². The van der Waals surface area contributed by atoms with E-state index in [0.717, 1.165) is 13.0 Å². The maximum absolute atomic E-state index is 10.4. The molecule has 7 heteroatoms. The van der Waals surface area contributed by atoms with Crippen molar-refractivity contribution in [2.75, 3.05) is 23.7 Å². The molecular weight excluding hydrogens is 246 g/mol.